The molecule has 0 amide bonds. The van der Waals surface area contributed by atoms with Gasteiger partial charge in [-0.25, -0.2) is 4.79 Å². The van der Waals surface area contributed by atoms with Gasteiger partial charge in [0.15, 0.2) is 0 Å². The first-order chi connectivity index (χ1) is 12.1. The summed E-state index contributed by atoms with van der Waals surface area (Å²) in [5.74, 6) is -0.364. The normalized spacial score (nSPS) is 10.4. The molecule has 0 aliphatic carbocycles. The molecule has 0 N–H and O–H groups in total. The van der Waals surface area contributed by atoms with Crippen LogP contribution in [0, 0.1) is 18.3 Å². The minimum absolute atomic E-state index is 0.167. The topological polar surface area (TPSA) is 63.0 Å². The maximum atomic E-state index is 12.7. The van der Waals surface area contributed by atoms with E-state index < -0.39 is 0 Å². The fraction of sp³-hybridized carbons (Fsp3) is 0.190. The van der Waals surface area contributed by atoms with Crippen LogP contribution < -0.4 is 0 Å². The van der Waals surface area contributed by atoms with Gasteiger partial charge in [0, 0.05) is 5.39 Å². The zero-order valence-corrected chi connectivity index (χ0v) is 14.2. The molecule has 0 aliphatic rings. The van der Waals surface area contributed by atoms with Crippen LogP contribution in [-0.2, 0) is 17.8 Å². The van der Waals surface area contributed by atoms with Gasteiger partial charge >= 0.3 is 5.97 Å². The zero-order valence-electron chi connectivity index (χ0n) is 14.2. The van der Waals surface area contributed by atoms with Crippen LogP contribution in [0.4, 0.5) is 0 Å². The lowest BCUT2D eigenvalue weighted by molar-refractivity contribution is 0.0470. The number of pyridine rings is 1. The Morgan fingerprint density at radius 3 is 2.56 bits per heavy atom. The van der Waals surface area contributed by atoms with E-state index in [1.165, 1.54) is 0 Å². The highest BCUT2D eigenvalue weighted by Gasteiger charge is 2.19. The number of fused-ring (bicyclic) bond motifs is 1. The second kappa shape index (κ2) is 7.14. The number of aryl methyl sites for hydroxylation is 2. The molecule has 4 heteroatoms. The number of hydrogen-bond donors (Lipinski definition) is 0. The van der Waals surface area contributed by atoms with Crippen LogP contribution in [-0.4, -0.2) is 11.0 Å². The van der Waals surface area contributed by atoms with Crippen molar-refractivity contribution in [3.63, 3.8) is 0 Å². The Morgan fingerprint density at radius 2 is 1.88 bits per heavy atom. The maximum Gasteiger partial charge on any atom is 0.340 e. The van der Waals surface area contributed by atoms with E-state index in [1.54, 1.807) is 24.3 Å². The standard InChI is InChI=1S/C21H18N2O2/c1-3-18-20(14(2)17-6-4-5-7-19(17)23-18)21(24)25-13-16-10-8-15(12-22)9-11-16/h4-11H,3,13H2,1-2H3. The van der Waals surface area contributed by atoms with E-state index in [0.717, 1.165) is 27.7 Å². The third kappa shape index (κ3) is 3.36. The number of esters is 1. The molecular formula is C21H18N2O2. The molecule has 1 heterocycles. The van der Waals surface area contributed by atoms with Crippen molar-refractivity contribution < 1.29 is 9.53 Å². The van der Waals surface area contributed by atoms with Gasteiger partial charge in [-0.3, -0.25) is 4.98 Å². The molecule has 0 unspecified atom stereocenters. The highest BCUT2D eigenvalue weighted by Crippen LogP contribution is 2.24. The third-order valence-electron chi connectivity index (χ3n) is 4.22. The minimum atomic E-state index is -0.364. The van der Waals surface area contributed by atoms with Gasteiger partial charge in [-0.1, -0.05) is 37.3 Å². The number of hydrogen-bond acceptors (Lipinski definition) is 4. The van der Waals surface area contributed by atoms with Crippen molar-refractivity contribution in [2.24, 2.45) is 0 Å². The highest BCUT2D eigenvalue weighted by molar-refractivity contribution is 5.98. The number of nitrogens with zero attached hydrogens (tertiary/aromatic N) is 2. The first-order valence-electron chi connectivity index (χ1n) is 8.18. The van der Waals surface area contributed by atoms with E-state index in [-0.39, 0.29) is 12.6 Å². The molecule has 0 fully saturated rings. The van der Waals surface area contributed by atoms with E-state index in [4.69, 9.17) is 10.00 Å². The Morgan fingerprint density at radius 1 is 1.16 bits per heavy atom. The Labute approximate surface area is 146 Å². The molecule has 0 radical (unpaired) electrons. The van der Waals surface area contributed by atoms with Gasteiger partial charge in [0.1, 0.15) is 6.61 Å². The first kappa shape index (κ1) is 16.7. The molecule has 0 saturated carbocycles. The maximum absolute atomic E-state index is 12.7. The fourth-order valence-corrected chi connectivity index (χ4v) is 2.86. The van der Waals surface area contributed by atoms with Crippen LogP contribution in [0.2, 0.25) is 0 Å². The smallest absolute Gasteiger partial charge is 0.340 e. The summed E-state index contributed by atoms with van der Waals surface area (Å²) in [5, 5.41) is 9.79. The molecule has 0 spiro atoms. The molecule has 0 atom stereocenters. The van der Waals surface area contributed by atoms with E-state index >= 15 is 0 Å². The van der Waals surface area contributed by atoms with Gasteiger partial charge < -0.3 is 4.74 Å². The highest BCUT2D eigenvalue weighted by atomic mass is 16.5. The molecule has 25 heavy (non-hydrogen) atoms. The molecular weight excluding hydrogens is 312 g/mol. The van der Waals surface area contributed by atoms with Crippen molar-refractivity contribution in [2.75, 3.05) is 0 Å². The van der Waals surface area contributed by atoms with Crippen LogP contribution >= 0.6 is 0 Å². The number of carbonyl (C=O) groups is 1. The number of nitriles is 1. The molecule has 124 valence electrons. The fourth-order valence-electron chi connectivity index (χ4n) is 2.86. The van der Waals surface area contributed by atoms with Crippen molar-refractivity contribution in [3.05, 3.63) is 76.5 Å². The Bertz CT molecular complexity index is 970. The Kier molecular flexibility index (Phi) is 4.76. The number of para-hydroxylation sites is 1. The second-order valence-electron chi connectivity index (χ2n) is 5.81. The summed E-state index contributed by atoms with van der Waals surface area (Å²) in [4.78, 5) is 17.3. The van der Waals surface area contributed by atoms with Crippen LogP contribution in [0.5, 0.6) is 0 Å². The number of benzene rings is 2. The number of carbonyl (C=O) groups excluding carboxylic acids is 1. The lowest BCUT2D eigenvalue weighted by Gasteiger charge is -2.13. The monoisotopic (exact) mass is 330 g/mol. The SMILES string of the molecule is CCc1nc2ccccc2c(C)c1C(=O)OCc1ccc(C#N)cc1. The summed E-state index contributed by atoms with van der Waals surface area (Å²) < 4.78 is 5.50. The van der Waals surface area contributed by atoms with Gasteiger partial charge in [-0.15, -0.1) is 0 Å². The predicted molar refractivity (Wildman–Crippen MR) is 96.1 cm³/mol. The summed E-state index contributed by atoms with van der Waals surface area (Å²) in [6.07, 6.45) is 0.660. The molecule has 3 aromatic rings. The van der Waals surface area contributed by atoms with Gasteiger partial charge in [0.2, 0.25) is 0 Å². The van der Waals surface area contributed by atoms with Crippen LogP contribution in [0.3, 0.4) is 0 Å². The summed E-state index contributed by atoms with van der Waals surface area (Å²) in [5.41, 5.74) is 4.51. The van der Waals surface area contributed by atoms with Crippen molar-refractivity contribution in [3.8, 4) is 6.07 Å². The lowest BCUT2D eigenvalue weighted by atomic mass is 10.0. The summed E-state index contributed by atoms with van der Waals surface area (Å²) >= 11 is 0. The minimum Gasteiger partial charge on any atom is -0.457 e. The largest absolute Gasteiger partial charge is 0.457 e. The lowest BCUT2D eigenvalue weighted by Crippen LogP contribution is -2.12. The summed E-state index contributed by atoms with van der Waals surface area (Å²) in [6, 6.07) is 16.9. The Balaban J connectivity index is 1.88. The van der Waals surface area contributed by atoms with Crippen molar-refractivity contribution in [1.29, 1.82) is 5.26 Å². The molecule has 4 nitrogen and oxygen atoms in total. The average Bonchev–Trinajstić information content (AvgIpc) is 2.66. The molecule has 2 aromatic carbocycles. The number of rotatable bonds is 4. The van der Waals surface area contributed by atoms with Crippen LogP contribution in [0.25, 0.3) is 10.9 Å². The van der Waals surface area contributed by atoms with Gasteiger partial charge in [0.25, 0.3) is 0 Å². The van der Waals surface area contributed by atoms with E-state index in [9.17, 15) is 4.79 Å². The summed E-state index contributed by atoms with van der Waals surface area (Å²) in [6.45, 7) is 4.08. The third-order valence-corrected chi connectivity index (χ3v) is 4.22. The first-order valence-corrected chi connectivity index (χ1v) is 8.18. The predicted octanol–water partition coefficient (Wildman–Crippen LogP) is 4.33. The molecule has 3 rings (SSSR count). The van der Waals surface area contributed by atoms with Gasteiger partial charge in [-0.05, 0) is 42.7 Å². The van der Waals surface area contributed by atoms with Crippen LogP contribution in [0.15, 0.2) is 48.5 Å². The molecule has 0 saturated heterocycles. The number of ether oxygens (including phenoxy) is 1. The number of aromatic nitrogens is 1. The van der Waals surface area contributed by atoms with Crippen molar-refractivity contribution in [2.45, 2.75) is 26.9 Å². The molecule has 1 aromatic heterocycles. The second-order valence-corrected chi connectivity index (χ2v) is 5.81. The van der Waals surface area contributed by atoms with Gasteiger partial charge in [0.05, 0.1) is 28.4 Å². The van der Waals surface area contributed by atoms with E-state index in [1.807, 2.05) is 38.1 Å². The Hall–Kier alpha value is -3.19. The van der Waals surface area contributed by atoms with Crippen molar-refractivity contribution in [1.82, 2.24) is 4.98 Å². The quantitative estimate of drug-likeness (QED) is 0.668. The van der Waals surface area contributed by atoms with Crippen molar-refractivity contribution >= 4 is 16.9 Å². The average molecular weight is 330 g/mol. The molecule has 0 aliphatic heterocycles. The summed E-state index contributed by atoms with van der Waals surface area (Å²) in [7, 11) is 0. The zero-order chi connectivity index (χ0) is 17.8. The van der Waals surface area contributed by atoms with Gasteiger partial charge in [-0.2, -0.15) is 5.26 Å². The van der Waals surface area contributed by atoms with Crippen LogP contribution in [0.1, 0.15) is 39.7 Å². The molecule has 0 bridgehead atoms. The van der Waals surface area contributed by atoms with E-state index in [2.05, 4.69) is 11.1 Å². The van der Waals surface area contributed by atoms with E-state index in [0.29, 0.717) is 17.5 Å².